The van der Waals surface area contributed by atoms with Crippen LogP contribution in [0.25, 0.3) is 0 Å². The molecule has 0 aliphatic carbocycles. The van der Waals surface area contributed by atoms with Crippen molar-refractivity contribution in [1.82, 2.24) is 15.3 Å². The molecule has 118 valence electrons. The summed E-state index contributed by atoms with van der Waals surface area (Å²) < 4.78 is 0. The molecule has 5 nitrogen and oxygen atoms in total. The second-order valence-electron chi connectivity index (χ2n) is 5.79. The third-order valence-corrected chi connectivity index (χ3v) is 4.11. The second kappa shape index (κ2) is 8.17. The Balaban J connectivity index is 2.11. The third-order valence-electron chi connectivity index (χ3n) is 4.11. The lowest BCUT2D eigenvalue weighted by atomic mass is 10.1. The fraction of sp³-hybridized carbons (Fsp3) is 0.750. The molecule has 1 aliphatic heterocycles. The van der Waals surface area contributed by atoms with Gasteiger partial charge in [0.1, 0.15) is 5.82 Å². The molecular formula is C16H29N5. The van der Waals surface area contributed by atoms with Crippen molar-refractivity contribution in [2.75, 3.05) is 43.0 Å². The SMILES string of the molecule is CCCN(CCC)c1ccnc(N(C)C2CCNCC2)n1. The Hall–Kier alpha value is -1.36. The van der Waals surface area contributed by atoms with Crippen LogP contribution in [0.1, 0.15) is 39.5 Å². The molecule has 5 heteroatoms. The first kappa shape index (κ1) is 16.0. The highest BCUT2D eigenvalue weighted by molar-refractivity contribution is 5.43. The fourth-order valence-electron chi connectivity index (χ4n) is 2.92. The van der Waals surface area contributed by atoms with Gasteiger partial charge in [-0.1, -0.05) is 13.8 Å². The highest BCUT2D eigenvalue weighted by atomic mass is 15.3. The topological polar surface area (TPSA) is 44.3 Å². The number of hydrogen-bond donors (Lipinski definition) is 1. The van der Waals surface area contributed by atoms with Gasteiger partial charge in [0.2, 0.25) is 5.95 Å². The first-order chi connectivity index (χ1) is 10.3. The minimum absolute atomic E-state index is 0.548. The average molecular weight is 291 g/mol. The molecule has 0 radical (unpaired) electrons. The van der Waals surface area contributed by atoms with Gasteiger partial charge in [0.15, 0.2) is 0 Å². The molecule has 0 aromatic carbocycles. The van der Waals surface area contributed by atoms with E-state index in [0.29, 0.717) is 6.04 Å². The lowest BCUT2D eigenvalue weighted by Crippen LogP contribution is -2.42. The normalized spacial score (nSPS) is 16.0. The number of aromatic nitrogens is 2. The van der Waals surface area contributed by atoms with Crippen molar-refractivity contribution >= 4 is 11.8 Å². The van der Waals surface area contributed by atoms with Gasteiger partial charge in [0.05, 0.1) is 0 Å². The van der Waals surface area contributed by atoms with Gasteiger partial charge in [0, 0.05) is 32.4 Å². The largest absolute Gasteiger partial charge is 0.356 e. The van der Waals surface area contributed by atoms with Gasteiger partial charge in [-0.3, -0.25) is 0 Å². The van der Waals surface area contributed by atoms with Crippen molar-refractivity contribution in [3.63, 3.8) is 0 Å². The van der Waals surface area contributed by atoms with Crippen LogP contribution in [0.3, 0.4) is 0 Å². The zero-order chi connectivity index (χ0) is 15.1. The Morgan fingerprint density at radius 2 is 1.86 bits per heavy atom. The maximum Gasteiger partial charge on any atom is 0.227 e. The predicted octanol–water partition coefficient (Wildman–Crippen LogP) is 2.29. The standard InChI is InChI=1S/C16H29N5/c1-4-12-21(13-5-2)15-8-11-18-16(19-15)20(3)14-6-9-17-10-7-14/h8,11,14,17H,4-7,9-10,12-13H2,1-3H3. The summed E-state index contributed by atoms with van der Waals surface area (Å²) in [4.78, 5) is 13.9. The van der Waals surface area contributed by atoms with E-state index in [1.807, 2.05) is 12.3 Å². The van der Waals surface area contributed by atoms with Crippen molar-refractivity contribution in [2.24, 2.45) is 0 Å². The minimum Gasteiger partial charge on any atom is -0.356 e. The highest BCUT2D eigenvalue weighted by Crippen LogP contribution is 2.19. The zero-order valence-electron chi connectivity index (χ0n) is 13.7. The summed E-state index contributed by atoms with van der Waals surface area (Å²) in [5.41, 5.74) is 0. The van der Waals surface area contributed by atoms with E-state index in [4.69, 9.17) is 4.98 Å². The Morgan fingerprint density at radius 3 is 2.48 bits per heavy atom. The van der Waals surface area contributed by atoms with Crippen molar-refractivity contribution < 1.29 is 0 Å². The van der Waals surface area contributed by atoms with Crippen molar-refractivity contribution in [2.45, 2.75) is 45.6 Å². The van der Waals surface area contributed by atoms with Crippen LogP contribution in [0.2, 0.25) is 0 Å². The molecule has 1 fully saturated rings. The molecule has 1 aromatic heterocycles. The van der Waals surface area contributed by atoms with E-state index in [0.717, 1.165) is 63.6 Å². The molecule has 2 heterocycles. The number of rotatable bonds is 7. The quantitative estimate of drug-likeness (QED) is 0.835. The zero-order valence-corrected chi connectivity index (χ0v) is 13.7. The summed E-state index contributed by atoms with van der Waals surface area (Å²) in [5, 5.41) is 3.41. The van der Waals surface area contributed by atoms with Gasteiger partial charge in [-0.05, 0) is 44.8 Å². The smallest absolute Gasteiger partial charge is 0.227 e. The average Bonchev–Trinajstić information content (AvgIpc) is 2.55. The monoisotopic (exact) mass is 291 g/mol. The van der Waals surface area contributed by atoms with Gasteiger partial charge in [-0.2, -0.15) is 4.98 Å². The molecule has 2 rings (SSSR count). The van der Waals surface area contributed by atoms with E-state index < -0.39 is 0 Å². The first-order valence-electron chi connectivity index (χ1n) is 8.27. The van der Waals surface area contributed by atoms with E-state index in [2.05, 4.69) is 41.0 Å². The fourth-order valence-corrected chi connectivity index (χ4v) is 2.92. The van der Waals surface area contributed by atoms with Crippen molar-refractivity contribution in [3.05, 3.63) is 12.3 Å². The van der Waals surface area contributed by atoms with Crippen LogP contribution in [0.5, 0.6) is 0 Å². The Morgan fingerprint density at radius 1 is 1.19 bits per heavy atom. The highest BCUT2D eigenvalue weighted by Gasteiger charge is 2.20. The van der Waals surface area contributed by atoms with Crippen LogP contribution in [-0.4, -0.2) is 49.2 Å². The van der Waals surface area contributed by atoms with Crippen molar-refractivity contribution in [3.8, 4) is 0 Å². The Bertz CT molecular complexity index is 411. The van der Waals surface area contributed by atoms with Crippen LogP contribution in [0, 0.1) is 0 Å². The van der Waals surface area contributed by atoms with E-state index in [9.17, 15) is 0 Å². The Kier molecular flexibility index (Phi) is 6.23. The molecule has 0 atom stereocenters. The molecular weight excluding hydrogens is 262 g/mol. The van der Waals surface area contributed by atoms with Gasteiger partial charge in [-0.25, -0.2) is 4.98 Å². The predicted molar refractivity (Wildman–Crippen MR) is 89.1 cm³/mol. The minimum atomic E-state index is 0.548. The maximum atomic E-state index is 4.81. The molecule has 0 saturated carbocycles. The van der Waals surface area contributed by atoms with Gasteiger partial charge in [0.25, 0.3) is 0 Å². The van der Waals surface area contributed by atoms with E-state index >= 15 is 0 Å². The van der Waals surface area contributed by atoms with Crippen LogP contribution < -0.4 is 15.1 Å². The summed E-state index contributed by atoms with van der Waals surface area (Å²) in [6.07, 6.45) is 6.51. The molecule has 21 heavy (non-hydrogen) atoms. The maximum absolute atomic E-state index is 4.81. The molecule has 1 aromatic rings. The molecule has 0 bridgehead atoms. The third kappa shape index (κ3) is 4.30. The second-order valence-corrected chi connectivity index (χ2v) is 5.79. The molecule has 0 unspecified atom stereocenters. The number of piperidine rings is 1. The summed E-state index contributed by atoms with van der Waals surface area (Å²) in [5.74, 6) is 1.92. The van der Waals surface area contributed by atoms with Gasteiger partial charge < -0.3 is 15.1 Å². The lowest BCUT2D eigenvalue weighted by molar-refractivity contribution is 0.439. The van der Waals surface area contributed by atoms with Crippen LogP contribution in [0.4, 0.5) is 11.8 Å². The molecule has 1 aliphatic rings. The molecule has 0 spiro atoms. The van der Waals surface area contributed by atoms with Crippen LogP contribution in [-0.2, 0) is 0 Å². The van der Waals surface area contributed by atoms with E-state index in [1.54, 1.807) is 0 Å². The molecule has 1 N–H and O–H groups in total. The number of nitrogens with zero attached hydrogens (tertiary/aromatic N) is 4. The summed E-state index contributed by atoms with van der Waals surface area (Å²) in [6, 6.07) is 2.58. The van der Waals surface area contributed by atoms with Crippen LogP contribution >= 0.6 is 0 Å². The summed E-state index contributed by atoms with van der Waals surface area (Å²) >= 11 is 0. The summed E-state index contributed by atoms with van der Waals surface area (Å²) in [7, 11) is 2.12. The number of nitrogens with one attached hydrogen (secondary N) is 1. The van der Waals surface area contributed by atoms with E-state index in [1.165, 1.54) is 0 Å². The first-order valence-corrected chi connectivity index (χ1v) is 8.27. The van der Waals surface area contributed by atoms with Crippen LogP contribution in [0.15, 0.2) is 12.3 Å². The van der Waals surface area contributed by atoms with Gasteiger partial charge >= 0.3 is 0 Å². The van der Waals surface area contributed by atoms with Gasteiger partial charge in [-0.15, -0.1) is 0 Å². The molecule has 1 saturated heterocycles. The van der Waals surface area contributed by atoms with E-state index in [-0.39, 0.29) is 0 Å². The molecule has 0 amide bonds. The van der Waals surface area contributed by atoms with Crippen molar-refractivity contribution in [1.29, 1.82) is 0 Å². The number of anilines is 2. The number of hydrogen-bond acceptors (Lipinski definition) is 5. The lowest BCUT2D eigenvalue weighted by Gasteiger charge is -2.32. The summed E-state index contributed by atoms with van der Waals surface area (Å²) in [6.45, 7) is 8.72. The Labute approximate surface area is 128 Å².